The molecule has 112 valence electrons. The molecule has 20 heavy (non-hydrogen) atoms. The van der Waals surface area contributed by atoms with Crippen LogP contribution in [0.4, 0.5) is 0 Å². The van der Waals surface area contributed by atoms with Crippen LogP contribution >= 0.6 is 0 Å². The summed E-state index contributed by atoms with van der Waals surface area (Å²) in [5.74, 6) is -0.696. The van der Waals surface area contributed by atoms with Crippen molar-refractivity contribution in [3.8, 4) is 0 Å². The second-order valence-corrected chi connectivity index (χ2v) is 5.24. The van der Waals surface area contributed by atoms with Crippen LogP contribution in [-0.4, -0.2) is 37.6 Å². The Morgan fingerprint density at radius 1 is 1.35 bits per heavy atom. The maximum absolute atomic E-state index is 8.93. The second-order valence-electron chi connectivity index (χ2n) is 5.24. The van der Waals surface area contributed by atoms with Gasteiger partial charge in [-0.25, -0.2) is 0 Å². The molecule has 0 aromatic heterocycles. The molecule has 0 spiro atoms. The number of rotatable bonds is 7. The van der Waals surface area contributed by atoms with E-state index in [-0.39, 0.29) is 12.7 Å². The highest BCUT2D eigenvalue weighted by molar-refractivity contribution is 5.26. The van der Waals surface area contributed by atoms with Gasteiger partial charge in [-0.2, -0.15) is 0 Å². The first-order valence-corrected chi connectivity index (χ1v) is 7.27. The van der Waals surface area contributed by atoms with E-state index in [9.17, 15) is 0 Å². The van der Waals surface area contributed by atoms with Crippen molar-refractivity contribution >= 4 is 0 Å². The molecule has 2 rings (SSSR count). The molecule has 2 unspecified atom stereocenters. The molecule has 2 atom stereocenters. The minimum Gasteiger partial charge on any atom is -0.396 e. The van der Waals surface area contributed by atoms with Crippen LogP contribution in [0.15, 0.2) is 24.3 Å². The summed E-state index contributed by atoms with van der Waals surface area (Å²) < 4.78 is 17.3. The molecule has 0 saturated carbocycles. The zero-order chi connectivity index (χ0) is 14.4. The van der Waals surface area contributed by atoms with Gasteiger partial charge in [0.05, 0.1) is 13.2 Å². The molecule has 0 aliphatic carbocycles. The molecule has 1 N–H and O–H groups in total. The van der Waals surface area contributed by atoms with Crippen molar-refractivity contribution in [1.82, 2.24) is 0 Å². The van der Waals surface area contributed by atoms with Crippen LogP contribution in [0.2, 0.25) is 0 Å². The van der Waals surface area contributed by atoms with Gasteiger partial charge in [0, 0.05) is 18.8 Å². The summed E-state index contributed by atoms with van der Waals surface area (Å²) in [6, 6.07) is 8.01. The number of hydrogen-bond donors (Lipinski definition) is 1. The minimum atomic E-state index is -0.696. The summed E-state index contributed by atoms with van der Waals surface area (Å²) in [7, 11) is 0. The number of hydrogen-bond acceptors (Lipinski definition) is 4. The second kappa shape index (κ2) is 7.18. The normalized spacial score (nSPS) is 26.1. The van der Waals surface area contributed by atoms with Crippen molar-refractivity contribution in [3.63, 3.8) is 0 Å². The molecular formula is C16H24O4. The van der Waals surface area contributed by atoms with Gasteiger partial charge in [-0.3, -0.25) is 0 Å². The van der Waals surface area contributed by atoms with Crippen LogP contribution in [0.25, 0.3) is 0 Å². The van der Waals surface area contributed by atoms with E-state index in [0.717, 1.165) is 24.2 Å². The molecule has 1 aliphatic heterocycles. The lowest BCUT2D eigenvalue weighted by molar-refractivity contribution is -0.167. The van der Waals surface area contributed by atoms with E-state index in [1.165, 1.54) is 0 Å². The van der Waals surface area contributed by atoms with Gasteiger partial charge in [0.15, 0.2) is 5.79 Å². The maximum atomic E-state index is 8.93. The van der Waals surface area contributed by atoms with Crippen LogP contribution in [0, 0.1) is 0 Å². The van der Waals surface area contributed by atoms with Crippen molar-refractivity contribution in [1.29, 1.82) is 0 Å². The highest BCUT2D eigenvalue weighted by atomic mass is 16.7. The van der Waals surface area contributed by atoms with Crippen molar-refractivity contribution in [3.05, 3.63) is 35.4 Å². The van der Waals surface area contributed by atoms with Crippen LogP contribution in [0.1, 0.15) is 31.4 Å². The smallest absolute Gasteiger partial charge is 0.192 e. The van der Waals surface area contributed by atoms with Gasteiger partial charge in [-0.1, -0.05) is 31.2 Å². The summed E-state index contributed by atoms with van der Waals surface area (Å²) in [5.41, 5.74) is 2.11. The Morgan fingerprint density at radius 3 is 2.75 bits per heavy atom. The van der Waals surface area contributed by atoms with Gasteiger partial charge in [0.2, 0.25) is 0 Å². The number of aliphatic hydroxyl groups excluding tert-OH is 1. The van der Waals surface area contributed by atoms with E-state index in [0.29, 0.717) is 19.6 Å². The molecule has 0 bridgehead atoms. The van der Waals surface area contributed by atoms with Crippen molar-refractivity contribution in [2.24, 2.45) is 0 Å². The molecule has 1 fully saturated rings. The molecule has 0 radical (unpaired) electrons. The number of benzene rings is 1. The third-order valence-corrected chi connectivity index (χ3v) is 3.47. The number of aliphatic hydroxyl groups is 1. The first-order chi connectivity index (χ1) is 9.68. The molecule has 1 aromatic carbocycles. The SMILES string of the molecule is CCCOCC1COC(C)(c2ccc(CCO)cc2)O1. The Balaban J connectivity index is 1.94. The predicted molar refractivity (Wildman–Crippen MR) is 76.5 cm³/mol. The average Bonchev–Trinajstić information content (AvgIpc) is 2.83. The lowest BCUT2D eigenvalue weighted by atomic mass is 10.0. The first kappa shape index (κ1) is 15.4. The van der Waals surface area contributed by atoms with Gasteiger partial charge in [-0.15, -0.1) is 0 Å². The predicted octanol–water partition coefficient (Wildman–Crippen LogP) is 2.24. The molecule has 1 heterocycles. The van der Waals surface area contributed by atoms with Gasteiger partial charge in [-0.05, 0) is 25.3 Å². The molecule has 4 heteroatoms. The van der Waals surface area contributed by atoms with Crippen molar-refractivity contribution in [2.45, 2.75) is 38.6 Å². The zero-order valence-corrected chi connectivity index (χ0v) is 12.3. The zero-order valence-electron chi connectivity index (χ0n) is 12.3. The largest absolute Gasteiger partial charge is 0.396 e. The van der Waals surface area contributed by atoms with Gasteiger partial charge < -0.3 is 19.3 Å². The summed E-state index contributed by atoms with van der Waals surface area (Å²) in [5, 5.41) is 8.93. The fourth-order valence-corrected chi connectivity index (χ4v) is 2.33. The lowest BCUT2D eigenvalue weighted by Gasteiger charge is -2.24. The van der Waals surface area contributed by atoms with E-state index in [1.807, 2.05) is 31.2 Å². The molecule has 1 aliphatic rings. The van der Waals surface area contributed by atoms with E-state index >= 15 is 0 Å². The molecule has 0 amide bonds. The van der Waals surface area contributed by atoms with E-state index < -0.39 is 5.79 Å². The molecule has 4 nitrogen and oxygen atoms in total. The Morgan fingerprint density at radius 2 is 2.10 bits per heavy atom. The summed E-state index contributed by atoms with van der Waals surface area (Å²) in [6.45, 7) is 6.08. The number of ether oxygens (including phenoxy) is 3. The van der Waals surface area contributed by atoms with Gasteiger partial charge in [0.1, 0.15) is 6.10 Å². The fraction of sp³-hybridized carbons (Fsp3) is 0.625. The highest BCUT2D eigenvalue weighted by Gasteiger charge is 2.38. The standard InChI is InChI=1S/C16H24O4/c1-3-10-18-11-15-12-19-16(2,20-15)14-6-4-13(5-7-14)8-9-17/h4-7,15,17H,3,8-12H2,1-2H3. The van der Waals surface area contributed by atoms with Gasteiger partial charge in [0.25, 0.3) is 0 Å². The topological polar surface area (TPSA) is 47.9 Å². The quantitative estimate of drug-likeness (QED) is 0.778. The van der Waals surface area contributed by atoms with E-state index in [4.69, 9.17) is 19.3 Å². The van der Waals surface area contributed by atoms with Crippen LogP contribution in [0.5, 0.6) is 0 Å². The summed E-state index contributed by atoms with van der Waals surface area (Å²) in [4.78, 5) is 0. The van der Waals surface area contributed by atoms with Crippen LogP contribution < -0.4 is 0 Å². The molecule has 1 saturated heterocycles. The van der Waals surface area contributed by atoms with E-state index in [2.05, 4.69) is 6.92 Å². The maximum Gasteiger partial charge on any atom is 0.192 e. The average molecular weight is 280 g/mol. The lowest BCUT2D eigenvalue weighted by Crippen LogP contribution is -2.25. The van der Waals surface area contributed by atoms with Crippen LogP contribution in [-0.2, 0) is 26.4 Å². The van der Waals surface area contributed by atoms with Crippen molar-refractivity contribution in [2.75, 3.05) is 26.4 Å². The fourth-order valence-electron chi connectivity index (χ4n) is 2.33. The molecule has 1 aromatic rings. The minimum absolute atomic E-state index is 0.0105. The Hall–Kier alpha value is -0.940. The van der Waals surface area contributed by atoms with E-state index in [1.54, 1.807) is 0 Å². The highest BCUT2D eigenvalue weighted by Crippen LogP contribution is 2.34. The van der Waals surface area contributed by atoms with Crippen molar-refractivity contribution < 1.29 is 19.3 Å². The third-order valence-electron chi connectivity index (χ3n) is 3.47. The first-order valence-electron chi connectivity index (χ1n) is 7.27. The molecular weight excluding hydrogens is 256 g/mol. The third kappa shape index (κ3) is 3.79. The Bertz CT molecular complexity index is 403. The van der Waals surface area contributed by atoms with Gasteiger partial charge >= 0.3 is 0 Å². The Labute approximate surface area is 120 Å². The van der Waals surface area contributed by atoms with Crippen LogP contribution in [0.3, 0.4) is 0 Å². The summed E-state index contributed by atoms with van der Waals surface area (Å²) >= 11 is 0. The monoisotopic (exact) mass is 280 g/mol. The Kier molecular flexibility index (Phi) is 5.54. The summed E-state index contributed by atoms with van der Waals surface area (Å²) in [6.07, 6.45) is 1.67.